The molecule has 0 fully saturated rings. The molecule has 2 aromatic carbocycles. The Bertz CT molecular complexity index is 691. The second kappa shape index (κ2) is 6.77. The van der Waals surface area contributed by atoms with Crippen molar-refractivity contribution < 1.29 is 18.8 Å². The number of halogens is 1. The van der Waals surface area contributed by atoms with Crippen molar-refractivity contribution in [1.29, 1.82) is 0 Å². The number of nitrogens with zero attached hydrogens (tertiary/aromatic N) is 1. The van der Waals surface area contributed by atoms with Gasteiger partial charge in [-0.1, -0.05) is 30.3 Å². The van der Waals surface area contributed by atoms with Crippen LogP contribution in [0.25, 0.3) is 0 Å². The lowest BCUT2D eigenvalue weighted by atomic mass is 10.1. The Labute approximate surface area is 125 Å². The molecule has 0 bridgehead atoms. The zero-order valence-corrected chi connectivity index (χ0v) is 11.7. The minimum Gasteiger partial charge on any atom is -0.367 e. The maximum absolute atomic E-state index is 13.1. The normalized spacial score (nSPS) is 11.7. The van der Waals surface area contributed by atoms with Gasteiger partial charge in [0.25, 0.3) is 11.6 Å². The van der Waals surface area contributed by atoms with Crippen LogP contribution in [0, 0.1) is 15.9 Å². The Hall–Kier alpha value is -2.80. The molecular formula is C15H13FN2O4. The molecule has 0 aromatic heterocycles. The van der Waals surface area contributed by atoms with E-state index in [0.29, 0.717) is 5.56 Å². The summed E-state index contributed by atoms with van der Waals surface area (Å²) in [5.41, 5.74) is -0.00193. The molecule has 114 valence electrons. The van der Waals surface area contributed by atoms with Crippen molar-refractivity contribution >= 4 is 17.3 Å². The molecule has 0 spiro atoms. The van der Waals surface area contributed by atoms with Gasteiger partial charge in [-0.25, -0.2) is 4.39 Å². The van der Waals surface area contributed by atoms with Crippen LogP contribution in [0.5, 0.6) is 0 Å². The number of carbonyl (C=O) groups excluding carboxylic acids is 1. The molecule has 0 heterocycles. The van der Waals surface area contributed by atoms with Crippen LogP contribution in [0.15, 0.2) is 48.5 Å². The minimum absolute atomic E-state index is 0.0885. The van der Waals surface area contributed by atoms with Crippen molar-refractivity contribution in [2.45, 2.75) is 6.10 Å². The number of ether oxygens (including phenoxy) is 1. The predicted octanol–water partition coefficient (Wildman–Crippen LogP) is 3.06. The van der Waals surface area contributed by atoms with E-state index >= 15 is 0 Å². The quantitative estimate of drug-likeness (QED) is 0.680. The summed E-state index contributed by atoms with van der Waals surface area (Å²) in [4.78, 5) is 22.4. The maximum atomic E-state index is 13.1. The molecule has 0 saturated carbocycles. The summed E-state index contributed by atoms with van der Waals surface area (Å²) in [5, 5.41) is 13.3. The van der Waals surface area contributed by atoms with Crippen LogP contribution >= 0.6 is 0 Å². The monoisotopic (exact) mass is 304 g/mol. The highest BCUT2D eigenvalue weighted by molar-refractivity contribution is 5.96. The van der Waals surface area contributed by atoms with Crippen LogP contribution in [0.3, 0.4) is 0 Å². The SMILES string of the molecule is CO[C@@H](C(=O)Nc1ccc(F)cc1[N+](=O)[O-])c1ccccc1. The van der Waals surface area contributed by atoms with E-state index in [4.69, 9.17) is 4.74 Å². The summed E-state index contributed by atoms with van der Waals surface area (Å²) in [6.07, 6.45) is -0.925. The molecule has 2 rings (SSSR count). The summed E-state index contributed by atoms with van der Waals surface area (Å²) in [6, 6.07) is 11.6. The van der Waals surface area contributed by atoms with E-state index in [9.17, 15) is 19.3 Å². The molecular weight excluding hydrogens is 291 g/mol. The Morgan fingerprint density at radius 3 is 2.55 bits per heavy atom. The first kappa shape index (κ1) is 15.6. The van der Waals surface area contributed by atoms with E-state index in [1.165, 1.54) is 7.11 Å². The number of rotatable bonds is 5. The third-order valence-electron chi connectivity index (χ3n) is 2.99. The third kappa shape index (κ3) is 3.44. The minimum atomic E-state index is -0.925. The predicted molar refractivity (Wildman–Crippen MR) is 77.9 cm³/mol. The number of methoxy groups -OCH3 is 1. The van der Waals surface area contributed by atoms with Crippen molar-refractivity contribution in [1.82, 2.24) is 0 Å². The number of benzene rings is 2. The summed E-state index contributed by atoms with van der Waals surface area (Å²) in [5.74, 6) is -1.33. The number of hydrogen-bond donors (Lipinski definition) is 1. The zero-order valence-electron chi connectivity index (χ0n) is 11.7. The molecule has 1 N–H and O–H groups in total. The standard InChI is InChI=1S/C15H13FN2O4/c1-22-14(10-5-3-2-4-6-10)15(19)17-12-8-7-11(16)9-13(12)18(20)21/h2-9,14H,1H3,(H,17,19)/t14-/m1/s1. The summed E-state index contributed by atoms with van der Waals surface area (Å²) in [7, 11) is 1.36. The van der Waals surface area contributed by atoms with E-state index in [1.54, 1.807) is 30.3 Å². The van der Waals surface area contributed by atoms with Gasteiger partial charge in [0.2, 0.25) is 0 Å². The lowest BCUT2D eigenvalue weighted by Crippen LogP contribution is -2.23. The molecule has 22 heavy (non-hydrogen) atoms. The molecule has 0 unspecified atom stereocenters. The lowest BCUT2D eigenvalue weighted by Gasteiger charge is -2.15. The first-order valence-corrected chi connectivity index (χ1v) is 6.35. The first-order chi connectivity index (χ1) is 10.5. The van der Waals surface area contributed by atoms with E-state index in [0.717, 1.165) is 18.2 Å². The molecule has 0 saturated heterocycles. The van der Waals surface area contributed by atoms with Gasteiger partial charge in [0.05, 0.1) is 11.0 Å². The summed E-state index contributed by atoms with van der Waals surface area (Å²) >= 11 is 0. The number of nitro benzene ring substituents is 1. The van der Waals surface area contributed by atoms with E-state index in [-0.39, 0.29) is 5.69 Å². The van der Waals surface area contributed by atoms with Crippen LogP contribution in [0.2, 0.25) is 0 Å². The fourth-order valence-electron chi connectivity index (χ4n) is 1.98. The van der Waals surface area contributed by atoms with Crippen LogP contribution in [-0.2, 0) is 9.53 Å². The van der Waals surface area contributed by atoms with Crippen molar-refractivity contribution in [3.63, 3.8) is 0 Å². The summed E-state index contributed by atoms with van der Waals surface area (Å²) < 4.78 is 18.2. The molecule has 0 aliphatic heterocycles. The highest BCUT2D eigenvalue weighted by atomic mass is 19.1. The van der Waals surface area contributed by atoms with Gasteiger partial charge in [-0.3, -0.25) is 14.9 Å². The van der Waals surface area contributed by atoms with Gasteiger partial charge in [-0.15, -0.1) is 0 Å². The molecule has 1 amide bonds. The Morgan fingerprint density at radius 2 is 1.95 bits per heavy atom. The molecule has 0 aliphatic carbocycles. The fraction of sp³-hybridized carbons (Fsp3) is 0.133. The van der Waals surface area contributed by atoms with Gasteiger partial charge in [0.15, 0.2) is 6.10 Å². The maximum Gasteiger partial charge on any atom is 0.295 e. The van der Waals surface area contributed by atoms with E-state index in [1.807, 2.05) is 0 Å². The average Bonchev–Trinajstić information content (AvgIpc) is 2.50. The highest BCUT2D eigenvalue weighted by Gasteiger charge is 2.23. The summed E-state index contributed by atoms with van der Waals surface area (Å²) in [6.45, 7) is 0. The second-order valence-electron chi connectivity index (χ2n) is 4.43. The molecule has 2 aromatic rings. The molecule has 7 heteroatoms. The fourth-order valence-corrected chi connectivity index (χ4v) is 1.98. The van der Waals surface area contributed by atoms with Gasteiger partial charge < -0.3 is 10.1 Å². The molecule has 1 atom stereocenters. The van der Waals surface area contributed by atoms with Gasteiger partial charge in [0, 0.05) is 7.11 Å². The Morgan fingerprint density at radius 1 is 1.27 bits per heavy atom. The topological polar surface area (TPSA) is 81.5 Å². The number of nitro groups is 1. The third-order valence-corrected chi connectivity index (χ3v) is 2.99. The van der Waals surface area contributed by atoms with Crippen LogP contribution in [-0.4, -0.2) is 17.9 Å². The largest absolute Gasteiger partial charge is 0.367 e. The Kier molecular flexibility index (Phi) is 4.80. The Balaban J connectivity index is 2.26. The van der Waals surface area contributed by atoms with Crippen LogP contribution in [0.4, 0.5) is 15.8 Å². The smallest absolute Gasteiger partial charge is 0.295 e. The number of hydrogen-bond acceptors (Lipinski definition) is 4. The van der Waals surface area contributed by atoms with Crippen LogP contribution in [0.1, 0.15) is 11.7 Å². The highest BCUT2D eigenvalue weighted by Crippen LogP contribution is 2.27. The number of nitrogens with one attached hydrogen (secondary N) is 1. The average molecular weight is 304 g/mol. The van der Waals surface area contributed by atoms with Gasteiger partial charge in [-0.05, 0) is 17.7 Å². The molecule has 0 aliphatic rings. The zero-order chi connectivity index (χ0) is 16.1. The number of amides is 1. The van der Waals surface area contributed by atoms with Gasteiger partial charge >= 0.3 is 0 Å². The van der Waals surface area contributed by atoms with Crippen LogP contribution < -0.4 is 5.32 Å². The van der Waals surface area contributed by atoms with Crippen molar-refractivity contribution in [2.75, 3.05) is 12.4 Å². The first-order valence-electron chi connectivity index (χ1n) is 6.35. The van der Waals surface area contributed by atoms with Crippen molar-refractivity contribution in [3.05, 3.63) is 70.0 Å². The van der Waals surface area contributed by atoms with Gasteiger partial charge in [0.1, 0.15) is 11.5 Å². The number of carbonyl (C=O) groups is 1. The van der Waals surface area contributed by atoms with Crippen molar-refractivity contribution in [3.8, 4) is 0 Å². The van der Waals surface area contributed by atoms with Gasteiger partial charge in [-0.2, -0.15) is 0 Å². The van der Waals surface area contributed by atoms with E-state index < -0.39 is 28.4 Å². The molecule has 6 nitrogen and oxygen atoms in total. The number of anilines is 1. The lowest BCUT2D eigenvalue weighted by molar-refractivity contribution is -0.384. The van der Waals surface area contributed by atoms with E-state index in [2.05, 4.69) is 5.32 Å². The molecule has 0 radical (unpaired) electrons. The van der Waals surface area contributed by atoms with Crippen molar-refractivity contribution in [2.24, 2.45) is 0 Å². The second-order valence-corrected chi connectivity index (χ2v) is 4.43.